The number of amides is 1. The molecule has 0 aliphatic carbocycles. The van der Waals surface area contributed by atoms with Gasteiger partial charge in [0, 0.05) is 23.7 Å². The highest BCUT2D eigenvalue weighted by Crippen LogP contribution is 2.25. The third-order valence-electron chi connectivity index (χ3n) is 3.01. The Morgan fingerprint density at radius 2 is 2.10 bits per heavy atom. The number of halogens is 1. The van der Waals surface area contributed by atoms with Gasteiger partial charge >= 0.3 is 0 Å². The van der Waals surface area contributed by atoms with Gasteiger partial charge in [-0.2, -0.15) is 0 Å². The number of carbonyl (C=O) groups is 1. The van der Waals surface area contributed by atoms with Crippen LogP contribution in [0.4, 0.5) is 10.1 Å². The molecule has 0 aliphatic rings. The molecular weight excluding hydrogens is 275 g/mol. The van der Waals surface area contributed by atoms with Gasteiger partial charge in [-0.15, -0.1) is 0 Å². The first kappa shape index (κ1) is 14.6. The lowest BCUT2D eigenvalue weighted by Gasteiger charge is -2.11. The van der Waals surface area contributed by atoms with Gasteiger partial charge in [-0.05, 0) is 30.3 Å². The number of primary amides is 1. The number of phenolic OH excluding ortho intramolecular Hbond substituents is 1. The van der Waals surface area contributed by atoms with Gasteiger partial charge in [0.1, 0.15) is 17.3 Å². The summed E-state index contributed by atoms with van der Waals surface area (Å²) in [5.74, 6) is -0.579. The maximum Gasteiger partial charge on any atom is 0.248 e. The van der Waals surface area contributed by atoms with Crippen LogP contribution in [0.1, 0.15) is 15.9 Å². The SMILES string of the molecule is COc1ccc(CNc2cc(C(N)=O)ccc2F)c(O)c1. The molecule has 2 aromatic carbocycles. The maximum absolute atomic E-state index is 13.7. The van der Waals surface area contributed by atoms with Crippen molar-refractivity contribution >= 4 is 11.6 Å². The number of hydrogen-bond acceptors (Lipinski definition) is 4. The molecule has 0 fully saturated rings. The van der Waals surface area contributed by atoms with Gasteiger partial charge in [-0.1, -0.05) is 0 Å². The van der Waals surface area contributed by atoms with Crippen LogP contribution in [0.2, 0.25) is 0 Å². The minimum Gasteiger partial charge on any atom is -0.507 e. The Morgan fingerprint density at radius 3 is 2.71 bits per heavy atom. The third-order valence-corrected chi connectivity index (χ3v) is 3.01. The number of rotatable bonds is 5. The van der Waals surface area contributed by atoms with Crippen LogP contribution in [0.5, 0.6) is 11.5 Å². The molecule has 0 atom stereocenters. The van der Waals surface area contributed by atoms with Crippen molar-refractivity contribution in [3.63, 3.8) is 0 Å². The number of nitrogens with two attached hydrogens (primary N) is 1. The van der Waals surface area contributed by atoms with Crippen LogP contribution >= 0.6 is 0 Å². The summed E-state index contributed by atoms with van der Waals surface area (Å²) in [5, 5.41) is 12.6. The van der Waals surface area contributed by atoms with Crippen LogP contribution in [0, 0.1) is 5.82 Å². The van der Waals surface area contributed by atoms with Gasteiger partial charge in [0.15, 0.2) is 0 Å². The molecule has 110 valence electrons. The number of benzene rings is 2. The first-order valence-electron chi connectivity index (χ1n) is 6.20. The molecule has 21 heavy (non-hydrogen) atoms. The molecule has 4 N–H and O–H groups in total. The standard InChI is InChI=1S/C15H15FN2O3/c1-21-11-4-2-10(14(19)7-11)8-18-13-6-9(15(17)20)3-5-12(13)16/h2-7,18-19H,8H2,1H3,(H2,17,20). The second kappa shape index (κ2) is 6.13. The van der Waals surface area contributed by atoms with Crippen LogP contribution < -0.4 is 15.8 Å². The van der Waals surface area contributed by atoms with Crippen LogP contribution in [-0.4, -0.2) is 18.1 Å². The topological polar surface area (TPSA) is 84.6 Å². The Labute approximate surface area is 121 Å². The van der Waals surface area contributed by atoms with Crippen LogP contribution in [0.25, 0.3) is 0 Å². The van der Waals surface area contributed by atoms with E-state index in [1.807, 2.05) is 0 Å². The van der Waals surface area contributed by atoms with Crippen molar-refractivity contribution in [2.45, 2.75) is 6.54 Å². The third kappa shape index (κ3) is 3.42. The number of anilines is 1. The number of carbonyl (C=O) groups excluding carboxylic acids is 1. The van der Waals surface area contributed by atoms with Crippen molar-refractivity contribution in [3.8, 4) is 11.5 Å². The van der Waals surface area contributed by atoms with Gasteiger partial charge in [0.2, 0.25) is 5.91 Å². The largest absolute Gasteiger partial charge is 0.507 e. The zero-order valence-corrected chi connectivity index (χ0v) is 11.4. The van der Waals surface area contributed by atoms with Crippen molar-refractivity contribution in [1.82, 2.24) is 0 Å². The second-order valence-corrected chi connectivity index (χ2v) is 4.41. The summed E-state index contributed by atoms with van der Waals surface area (Å²) < 4.78 is 18.6. The fourth-order valence-electron chi connectivity index (χ4n) is 1.82. The quantitative estimate of drug-likeness (QED) is 0.788. The monoisotopic (exact) mass is 290 g/mol. The van der Waals surface area contributed by atoms with E-state index in [4.69, 9.17) is 10.5 Å². The summed E-state index contributed by atoms with van der Waals surface area (Å²) in [4.78, 5) is 11.1. The molecule has 0 heterocycles. The van der Waals surface area contributed by atoms with Crippen molar-refractivity contribution < 1.29 is 19.0 Å². The highest BCUT2D eigenvalue weighted by atomic mass is 19.1. The first-order chi connectivity index (χ1) is 10.0. The summed E-state index contributed by atoms with van der Waals surface area (Å²) in [5.41, 5.74) is 6.07. The molecule has 6 heteroatoms. The van der Waals surface area contributed by atoms with Gasteiger partial charge in [-0.3, -0.25) is 4.79 Å². The van der Waals surface area contributed by atoms with E-state index in [9.17, 15) is 14.3 Å². The summed E-state index contributed by atoms with van der Waals surface area (Å²) in [6, 6.07) is 8.62. The maximum atomic E-state index is 13.7. The van der Waals surface area contributed by atoms with Gasteiger partial charge in [0.25, 0.3) is 0 Å². The minimum absolute atomic E-state index is 0.0355. The minimum atomic E-state index is -0.634. The van der Waals surface area contributed by atoms with Gasteiger partial charge in [-0.25, -0.2) is 4.39 Å². The van der Waals surface area contributed by atoms with Crippen LogP contribution in [0.3, 0.4) is 0 Å². The van der Waals surface area contributed by atoms with Crippen LogP contribution in [0.15, 0.2) is 36.4 Å². The first-order valence-corrected chi connectivity index (χ1v) is 6.20. The Kier molecular flexibility index (Phi) is 4.27. The average Bonchev–Trinajstić information content (AvgIpc) is 2.47. The molecule has 0 saturated heterocycles. The molecule has 0 bridgehead atoms. The lowest BCUT2D eigenvalue weighted by molar-refractivity contribution is 0.100. The highest BCUT2D eigenvalue weighted by molar-refractivity contribution is 5.93. The number of hydrogen-bond donors (Lipinski definition) is 3. The molecule has 0 aliphatic heterocycles. The summed E-state index contributed by atoms with van der Waals surface area (Å²) in [6.07, 6.45) is 0. The number of methoxy groups -OCH3 is 1. The number of nitrogens with one attached hydrogen (secondary N) is 1. The molecular formula is C15H15FN2O3. The number of aromatic hydroxyl groups is 1. The van der Waals surface area contributed by atoms with Crippen molar-refractivity contribution in [3.05, 3.63) is 53.3 Å². The van der Waals surface area contributed by atoms with Crippen molar-refractivity contribution in [2.75, 3.05) is 12.4 Å². The predicted octanol–water partition coefficient (Wildman–Crippen LogP) is 2.25. The Morgan fingerprint density at radius 1 is 1.33 bits per heavy atom. The molecule has 1 amide bonds. The Bertz CT molecular complexity index is 674. The average molecular weight is 290 g/mol. The van der Waals surface area contributed by atoms with Gasteiger partial charge in [0.05, 0.1) is 12.8 Å². The van der Waals surface area contributed by atoms with Crippen molar-refractivity contribution in [2.24, 2.45) is 5.73 Å². The lowest BCUT2D eigenvalue weighted by Crippen LogP contribution is -2.12. The smallest absolute Gasteiger partial charge is 0.248 e. The summed E-state index contributed by atoms with van der Waals surface area (Å²) >= 11 is 0. The lowest BCUT2D eigenvalue weighted by atomic mass is 10.1. The molecule has 0 saturated carbocycles. The van der Waals surface area contributed by atoms with Crippen LogP contribution in [-0.2, 0) is 6.54 Å². The predicted molar refractivity (Wildman–Crippen MR) is 76.9 cm³/mol. The molecule has 5 nitrogen and oxygen atoms in total. The highest BCUT2D eigenvalue weighted by Gasteiger charge is 2.08. The molecule has 2 rings (SSSR count). The van der Waals surface area contributed by atoms with E-state index >= 15 is 0 Å². The Balaban J connectivity index is 2.16. The van der Waals surface area contributed by atoms with E-state index in [0.717, 1.165) is 6.07 Å². The van der Waals surface area contributed by atoms with E-state index in [0.29, 0.717) is 11.3 Å². The fourth-order valence-corrected chi connectivity index (χ4v) is 1.82. The second-order valence-electron chi connectivity index (χ2n) is 4.41. The number of phenols is 1. The van der Waals surface area contributed by atoms with E-state index in [1.54, 1.807) is 12.1 Å². The van der Waals surface area contributed by atoms with E-state index in [-0.39, 0.29) is 23.5 Å². The fraction of sp³-hybridized carbons (Fsp3) is 0.133. The summed E-state index contributed by atoms with van der Waals surface area (Å²) in [6.45, 7) is 0.189. The zero-order valence-electron chi connectivity index (χ0n) is 11.4. The van der Waals surface area contributed by atoms with E-state index in [2.05, 4.69) is 5.32 Å². The van der Waals surface area contributed by atoms with Crippen molar-refractivity contribution in [1.29, 1.82) is 0 Å². The summed E-state index contributed by atoms with van der Waals surface area (Å²) in [7, 11) is 1.50. The molecule has 0 spiro atoms. The molecule has 2 aromatic rings. The van der Waals surface area contributed by atoms with E-state index < -0.39 is 11.7 Å². The molecule has 0 radical (unpaired) electrons. The van der Waals surface area contributed by atoms with E-state index in [1.165, 1.54) is 25.3 Å². The Hall–Kier alpha value is -2.76. The molecule has 0 unspecified atom stereocenters. The number of ether oxygens (including phenoxy) is 1. The van der Waals surface area contributed by atoms with Gasteiger partial charge < -0.3 is 20.9 Å². The molecule has 0 aromatic heterocycles. The zero-order chi connectivity index (χ0) is 15.4. The normalized spacial score (nSPS) is 10.2.